The third-order valence-corrected chi connectivity index (χ3v) is 3.45. The van der Waals surface area contributed by atoms with Crippen molar-refractivity contribution < 1.29 is 8.78 Å². The fourth-order valence-corrected chi connectivity index (χ4v) is 2.32. The van der Waals surface area contributed by atoms with Gasteiger partial charge in [-0.3, -0.25) is 0 Å². The van der Waals surface area contributed by atoms with Crippen molar-refractivity contribution >= 4 is 33.5 Å². The summed E-state index contributed by atoms with van der Waals surface area (Å²) in [6, 6.07) is 2.53. The molecule has 0 saturated heterocycles. The average molecular weight is 334 g/mol. The van der Waals surface area contributed by atoms with Crippen molar-refractivity contribution in [1.29, 1.82) is 0 Å². The molecule has 0 radical (unpaired) electrons. The van der Waals surface area contributed by atoms with E-state index < -0.39 is 11.6 Å². The number of nitrogens with zero attached hydrogens (tertiary/aromatic N) is 2. The highest BCUT2D eigenvalue weighted by Gasteiger charge is 2.20. The molecule has 3 nitrogen and oxygen atoms in total. The molecule has 0 amide bonds. The zero-order valence-electron chi connectivity index (χ0n) is 9.51. The maximum absolute atomic E-state index is 14.0. The molecule has 0 atom stereocenters. The van der Waals surface area contributed by atoms with Crippen LogP contribution in [0, 0.1) is 11.6 Å². The molecule has 2 aromatic rings. The van der Waals surface area contributed by atoms with Crippen molar-refractivity contribution in [3.05, 3.63) is 28.2 Å². The molecule has 1 N–H and O–H groups in total. The summed E-state index contributed by atoms with van der Waals surface area (Å²) in [6.07, 6.45) is 0.889. The second-order valence-electron chi connectivity index (χ2n) is 3.61. The van der Waals surface area contributed by atoms with Crippen molar-refractivity contribution in [1.82, 2.24) is 8.75 Å². The van der Waals surface area contributed by atoms with Crippen molar-refractivity contribution in [2.24, 2.45) is 0 Å². The van der Waals surface area contributed by atoms with E-state index in [4.69, 9.17) is 0 Å². The lowest BCUT2D eigenvalue weighted by atomic mass is 10.1. The van der Waals surface area contributed by atoms with Crippen LogP contribution in [-0.4, -0.2) is 15.3 Å². The molecular weight excluding hydrogens is 324 g/mol. The van der Waals surface area contributed by atoms with Crippen LogP contribution < -0.4 is 5.32 Å². The molecule has 0 aliphatic heterocycles. The lowest BCUT2D eigenvalue weighted by Crippen LogP contribution is -2.02. The first-order valence-corrected chi connectivity index (χ1v) is 6.87. The van der Waals surface area contributed by atoms with Crippen LogP contribution in [0.1, 0.15) is 13.3 Å². The zero-order chi connectivity index (χ0) is 13.1. The molecule has 0 aliphatic carbocycles. The number of rotatable bonds is 4. The van der Waals surface area contributed by atoms with Crippen LogP contribution in [0.4, 0.5) is 14.6 Å². The van der Waals surface area contributed by atoms with Crippen molar-refractivity contribution in [2.45, 2.75) is 13.3 Å². The minimum Gasteiger partial charge on any atom is -0.367 e. The van der Waals surface area contributed by atoms with E-state index in [0.29, 0.717) is 12.4 Å². The molecule has 96 valence electrons. The normalized spacial score (nSPS) is 10.7. The SMILES string of the molecule is CCCNc1nsnc1-c1c(F)ccc(Br)c1F. The van der Waals surface area contributed by atoms with E-state index >= 15 is 0 Å². The molecule has 0 aliphatic rings. The van der Waals surface area contributed by atoms with E-state index in [0.717, 1.165) is 18.1 Å². The summed E-state index contributed by atoms with van der Waals surface area (Å²) in [5.74, 6) is -0.900. The van der Waals surface area contributed by atoms with Crippen molar-refractivity contribution in [3.63, 3.8) is 0 Å². The summed E-state index contributed by atoms with van der Waals surface area (Å²) in [4.78, 5) is 0. The Morgan fingerprint density at radius 3 is 2.83 bits per heavy atom. The fraction of sp³-hybridized carbons (Fsp3) is 0.273. The maximum Gasteiger partial charge on any atom is 0.168 e. The molecule has 18 heavy (non-hydrogen) atoms. The third-order valence-electron chi connectivity index (χ3n) is 2.31. The van der Waals surface area contributed by atoms with Crippen LogP contribution in [0.2, 0.25) is 0 Å². The molecule has 0 fully saturated rings. The Labute approximate surface area is 116 Å². The van der Waals surface area contributed by atoms with Crippen LogP contribution in [-0.2, 0) is 0 Å². The number of halogens is 3. The van der Waals surface area contributed by atoms with E-state index in [1.165, 1.54) is 12.1 Å². The molecule has 7 heteroatoms. The Kier molecular flexibility index (Phi) is 4.23. The van der Waals surface area contributed by atoms with Gasteiger partial charge in [0.15, 0.2) is 5.82 Å². The van der Waals surface area contributed by atoms with Gasteiger partial charge in [0.1, 0.15) is 17.3 Å². The second kappa shape index (κ2) is 5.71. The molecule has 0 bridgehead atoms. The Bertz CT molecular complexity index is 559. The summed E-state index contributed by atoms with van der Waals surface area (Å²) in [6.45, 7) is 2.67. The van der Waals surface area contributed by atoms with E-state index in [-0.39, 0.29) is 15.7 Å². The number of aromatic nitrogens is 2. The van der Waals surface area contributed by atoms with Gasteiger partial charge in [-0.1, -0.05) is 6.92 Å². The van der Waals surface area contributed by atoms with Crippen LogP contribution in [0.5, 0.6) is 0 Å². The quantitative estimate of drug-likeness (QED) is 0.857. The number of benzene rings is 1. The lowest BCUT2D eigenvalue weighted by molar-refractivity contribution is 0.584. The highest BCUT2D eigenvalue weighted by molar-refractivity contribution is 9.10. The topological polar surface area (TPSA) is 37.8 Å². The summed E-state index contributed by atoms with van der Waals surface area (Å²) in [5, 5.41) is 3.00. The molecule has 1 aromatic heterocycles. The number of anilines is 1. The van der Waals surface area contributed by atoms with Gasteiger partial charge in [0, 0.05) is 6.54 Å². The Morgan fingerprint density at radius 2 is 2.11 bits per heavy atom. The van der Waals surface area contributed by atoms with Gasteiger partial charge in [0.05, 0.1) is 21.8 Å². The molecule has 1 aromatic carbocycles. The van der Waals surface area contributed by atoms with Crippen LogP contribution in [0.15, 0.2) is 16.6 Å². The Hall–Kier alpha value is -1.08. The highest BCUT2D eigenvalue weighted by Crippen LogP contribution is 2.33. The summed E-state index contributed by atoms with van der Waals surface area (Å²) in [5.41, 5.74) is 0.0569. The van der Waals surface area contributed by atoms with Gasteiger partial charge in [-0.25, -0.2) is 8.78 Å². The van der Waals surface area contributed by atoms with E-state index in [2.05, 4.69) is 30.0 Å². The van der Waals surface area contributed by atoms with Crippen LogP contribution >= 0.6 is 27.7 Å². The van der Waals surface area contributed by atoms with Gasteiger partial charge in [-0.2, -0.15) is 8.75 Å². The van der Waals surface area contributed by atoms with E-state index in [9.17, 15) is 8.78 Å². The van der Waals surface area contributed by atoms with Gasteiger partial charge in [-0.05, 0) is 34.5 Å². The monoisotopic (exact) mass is 333 g/mol. The molecule has 0 spiro atoms. The molecular formula is C11H10BrF2N3S. The summed E-state index contributed by atoms with van der Waals surface area (Å²) >= 11 is 3.96. The zero-order valence-corrected chi connectivity index (χ0v) is 11.9. The fourth-order valence-electron chi connectivity index (χ4n) is 1.46. The minimum absolute atomic E-state index is 0.156. The van der Waals surface area contributed by atoms with Gasteiger partial charge >= 0.3 is 0 Å². The van der Waals surface area contributed by atoms with Crippen molar-refractivity contribution in [3.8, 4) is 11.3 Å². The van der Waals surface area contributed by atoms with Gasteiger partial charge < -0.3 is 5.32 Å². The first-order chi connectivity index (χ1) is 8.65. The first-order valence-electron chi connectivity index (χ1n) is 5.35. The van der Waals surface area contributed by atoms with E-state index in [1.54, 1.807) is 0 Å². The standard InChI is InChI=1S/C11H10BrF2N3S/c1-2-5-15-11-10(16-18-17-11)8-7(13)4-3-6(12)9(8)14/h3-4H,2,5H2,1H3,(H,15,17). The van der Waals surface area contributed by atoms with Gasteiger partial charge in [0.2, 0.25) is 0 Å². The minimum atomic E-state index is -0.665. The van der Waals surface area contributed by atoms with Gasteiger partial charge in [-0.15, -0.1) is 0 Å². The highest BCUT2D eigenvalue weighted by atomic mass is 79.9. The summed E-state index contributed by atoms with van der Waals surface area (Å²) in [7, 11) is 0. The molecule has 1 heterocycles. The average Bonchev–Trinajstić information content (AvgIpc) is 2.80. The van der Waals surface area contributed by atoms with E-state index in [1.807, 2.05) is 6.92 Å². The number of hydrogen-bond donors (Lipinski definition) is 1. The first kappa shape index (κ1) is 13.4. The second-order valence-corrected chi connectivity index (χ2v) is 4.99. The predicted molar refractivity (Wildman–Crippen MR) is 71.7 cm³/mol. The summed E-state index contributed by atoms with van der Waals surface area (Å²) < 4.78 is 35.9. The lowest BCUT2D eigenvalue weighted by Gasteiger charge is -2.06. The molecule has 2 rings (SSSR count). The van der Waals surface area contributed by atoms with Crippen molar-refractivity contribution in [2.75, 3.05) is 11.9 Å². The maximum atomic E-state index is 14.0. The smallest absolute Gasteiger partial charge is 0.168 e. The third kappa shape index (κ3) is 2.51. The molecule has 0 unspecified atom stereocenters. The van der Waals surface area contributed by atoms with Crippen LogP contribution in [0.3, 0.4) is 0 Å². The Balaban J connectivity index is 2.49. The largest absolute Gasteiger partial charge is 0.367 e. The van der Waals surface area contributed by atoms with Gasteiger partial charge in [0.25, 0.3) is 0 Å². The predicted octanol–water partition coefficient (Wildman–Crippen LogP) is 4.07. The van der Waals surface area contributed by atoms with Crippen LogP contribution in [0.25, 0.3) is 11.3 Å². The Morgan fingerprint density at radius 1 is 1.33 bits per heavy atom. The number of hydrogen-bond acceptors (Lipinski definition) is 4. The molecule has 0 saturated carbocycles. The number of nitrogens with one attached hydrogen (secondary N) is 1.